The lowest BCUT2D eigenvalue weighted by Crippen LogP contribution is -2.02. The van der Waals surface area contributed by atoms with Crippen LogP contribution in [0.4, 0.5) is 0 Å². The molecular weight excluding hydrogens is 360 g/mol. The van der Waals surface area contributed by atoms with Gasteiger partial charge in [-0.2, -0.15) is 0 Å². The smallest absolute Gasteiger partial charge is 0.303 e. The van der Waals surface area contributed by atoms with Crippen molar-refractivity contribution in [2.45, 2.75) is 89.9 Å². The maximum absolute atomic E-state index is 10.4. The van der Waals surface area contributed by atoms with Gasteiger partial charge in [0.2, 0.25) is 0 Å². The number of carbonyl (C=O) groups is 2. The lowest BCUT2D eigenvalue weighted by molar-refractivity contribution is -0.138. The summed E-state index contributed by atoms with van der Waals surface area (Å²) in [5, 5.41) is 18.2. The average Bonchev–Trinajstić information content (AvgIpc) is 2.50. The van der Waals surface area contributed by atoms with Crippen molar-refractivity contribution >= 4 is 27.9 Å². The number of halogens is 1. The van der Waals surface area contributed by atoms with E-state index < -0.39 is 11.9 Å². The number of carboxylic acid groups (broad SMARTS) is 2. The third-order valence-electron chi connectivity index (χ3n) is 4.22. The molecule has 0 aromatic rings. The number of carboxylic acids is 2. The monoisotopic (exact) mass is 392 g/mol. The summed E-state index contributed by atoms with van der Waals surface area (Å²) >= 11 is 3.61. The highest BCUT2D eigenvalue weighted by molar-refractivity contribution is 9.09. The topological polar surface area (TPSA) is 74.6 Å². The molecule has 136 valence electrons. The van der Waals surface area contributed by atoms with Gasteiger partial charge in [0, 0.05) is 18.2 Å². The van der Waals surface area contributed by atoms with Crippen molar-refractivity contribution in [3.8, 4) is 0 Å². The predicted molar refractivity (Wildman–Crippen MR) is 97.2 cm³/mol. The minimum absolute atomic E-state index is 0.302. The summed E-state index contributed by atoms with van der Waals surface area (Å²) in [5.41, 5.74) is 0. The van der Waals surface area contributed by atoms with E-state index in [9.17, 15) is 9.59 Å². The predicted octanol–water partition coefficient (Wildman–Crippen LogP) is 5.63. The summed E-state index contributed by atoms with van der Waals surface area (Å²) in [6, 6.07) is 0. The molecule has 0 atom stereocenters. The summed E-state index contributed by atoms with van der Waals surface area (Å²) in [5.74, 6) is -0.632. The molecule has 4 nitrogen and oxygen atoms in total. The molecule has 0 aromatic heterocycles. The van der Waals surface area contributed by atoms with E-state index in [-0.39, 0.29) is 0 Å². The number of alkyl halides is 1. The molecule has 0 fully saturated rings. The van der Waals surface area contributed by atoms with Crippen LogP contribution in [0.3, 0.4) is 0 Å². The molecule has 0 radical (unpaired) electrons. The zero-order valence-corrected chi connectivity index (χ0v) is 15.9. The summed E-state index contributed by atoms with van der Waals surface area (Å²) < 4.78 is 0. The van der Waals surface area contributed by atoms with Gasteiger partial charge in [-0.1, -0.05) is 67.3 Å². The fourth-order valence-electron chi connectivity index (χ4n) is 2.78. The first-order valence-electron chi connectivity index (χ1n) is 9.05. The maximum Gasteiger partial charge on any atom is 0.303 e. The van der Waals surface area contributed by atoms with Crippen LogP contribution in [0.25, 0.3) is 0 Å². The van der Waals surface area contributed by atoms with Crippen LogP contribution in [0.2, 0.25) is 0 Å². The summed E-state index contributed by atoms with van der Waals surface area (Å²) in [6.07, 6.45) is 14.0. The number of aliphatic carboxylic acids is 2. The molecule has 0 aliphatic heterocycles. The molecule has 0 saturated carbocycles. The highest BCUT2D eigenvalue weighted by Crippen LogP contribution is 2.20. The van der Waals surface area contributed by atoms with Crippen LogP contribution in [0.1, 0.15) is 89.9 Å². The first-order valence-corrected chi connectivity index (χ1v) is 10.2. The van der Waals surface area contributed by atoms with Crippen LogP contribution >= 0.6 is 15.9 Å². The quantitative estimate of drug-likeness (QED) is 0.248. The molecule has 0 bridgehead atoms. The Morgan fingerprint density at radius 1 is 0.652 bits per heavy atom. The molecule has 0 unspecified atom stereocenters. The first kappa shape index (κ1) is 22.4. The number of rotatable bonds is 17. The van der Waals surface area contributed by atoms with E-state index >= 15 is 0 Å². The van der Waals surface area contributed by atoms with Crippen LogP contribution < -0.4 is 0 Å². The van der Waals surface area contributed by atoms with Crippen molar-refractivity contribution < 1.29 is 19.8 Å². The Kier molecular flexibility index (Phi) is 15.9. The SMILES string of the molecule is O=C(O)CCCCCCCC(CBr)CCCCCCCC(=O)O. The van der Waals surface area contributed by atoms with Gasteiger partial charge in [0.25, 0.3) is 0 Å². The molecule has 0 aromatic carbocycles. The largest absolute Gasteiger partial charge is 0.481 e. The van der Waals surface area contributed by atoms with Gasteiger partial charge in [0.1, 0.15) is 0 Å². The van der Waals surface area contributed by atoms with E-state index in [1.807, 2.05) is 0 Å². The van der Waals surface area contributed by atoms with Gasteiger partial charge in [0.15, 0.2) is 0 Å². The molecule has 0 rings (SSSR count). The summed E-state index contributed by atoms with van der Waals surface area (Å²) in [7, 11) is 0. The Hall–Kier alpha value is -0.580. The van der Waals surface area contributed by atoms with Gasteiger partial charge >= 0.3 is 11.9 Å². The van der Waals surface area contributed by atoms with E-state index in [0.717, 1.165) is 49.8 Å². The lowest BCUT2D eigenvalue weighted by atomic mass is 9.96. The van der Waals surface area contributed by atoms with Crippen molar-refractivity contribution in [1.82, 2.24) is 0 Å². The number of hydrogen-bond donors (Lipinski definition) is 2. The highest BCUT2D eigenvalue weighted by Gasteiger charge is 2.07. The molecule has 2 N–H and O–H groups in total. The van der Waals surface area contributed by atoms with Crippen molar-refractivity contribution in [2.75, 3.05) is 5.33 Å². The first-order chi connectivity index (χ1) is 11.1. The second-order valence-corrected chi connectivity index (χ2v) is 7.07. The minimum atomic E-state index is -0.688. The lowest BCUT2D eigenvalue weighted by Gasteiger charge is -2.13. The van der Waals surface area contributed by atoms with Gasteiger partial charge in [0.05, 0.1) is 0 Å². The standard InChI is InChI=1S/C18H33BrO4/c19-15-16(11-7-3-1-5-9-13-17(20)21)12-8-4-2-6-10-14-18(22)23/h16H,1-15H2,(H,20,21)(H,22,23). The Bertz CT molecular complexity index is 279. The van der Waals surface area contributed by atoms with Crippen LogP contribution in [0.15, 0.2) is 0 Å². The highest BCUT2D eigenvalue weighted by atomic mass is 79.9. The molecule has 0 aliphatic rings. The average molecular weight is 393 g/mol. The fraction of sp³-hybridized carbons (Fsp3) is 0.889. The van der Waals surface area contributed by atoms with Crippen LogP contribution in [0, 0.1) is 5.92 Å². The second-order valence-electron chi connectivity index (χ2n) is 6.42. The third kappa shape index (κ3) is 17.6. The Morgan fingerprint density at radius 2 is 1.00 bits per heavy atom. The summed E-state index contributed by atoms with van der Waals surface area (Å²) in [6.45, 7) is 0. The van der Waals surface area contributed by atoms with E-state index in [1.165, 1.54) is 38.5 Å². The van der Waals surface area contributed by atoms with Crippen molar-refractivity contribution in [2.24, 2.45) is 5.92 Å². The van der Waals surface area contributed by atoms with Gasteiger partial charge in [-0.3, -0.25) is 9.59 Å². The summed E-state index contributed by atoms with van der Waals surface area (Å²) in [4.78, 5) is 20.8. The second kappa shape index (κ2) is 16.3. The van der Waals surface area contributed by atoms with E-state index in [0.29, 0.717) is 12.8 Å². The van der Waals surface area contributed by atoms with Gasteiger partial charge in [-0.25, -0.2) is 0 Å². The van der Waals surface area contributed by atoms with Gasteiger partial charge in [-0.15, -0.1) is 0 Å². The molecule has 0 heterocycles. The molecular formula is C18H33BrO4. The zero-order chi connectivity index (χ0) is 17.3. The zero-order valence-electron chi connectivity index (χ0n) is 14.3. The Labute approximate surface area is 149 Å². The van der Waals surface area contributed by atoms with E-state index in [4.69, 9.17) is 10.2 Å². The maximum atomic E-state index is 10.4. The Morgan fingerprint density at radius 3 is 1.35 bits per heavy atom. The molecule has 0 amide bonds. The van der Waals surface area contributed by atoms with Crippen LogP contribution in [0.5, 0.6) is 0 Å². The molecule has 0 spiro atoms. The molecule has 0 aliphatic carbocycles. The molecule has 0 saturated heterocycles. The van der Waals surface area contributed by atoms with Gasteiger partial charge < -0.3 is 10.2 Å². The van der Waals surface area contributed by atoms with Crippen molar-refractivity contribution in [3.63, 3.8) is 0 Å². The van der Waals surface area contributed by atoms with E-state index in [1.54, 1.807) is 0 Å². The van der Waals surface area contributed by atoms with E-state index in [2.05, 4.69) is 15.9 Å². The fourth-order valence-corrected chi connectivity index (χ4v) is 3.43. The van der Waals surface area contributed by atoms with Crippen LogP contribution in [-0.4, -0.2) is 27.5 Å². The number of unbranched alkanes of at least 4 members (excludes halogenated alkanes) is 8. The normalized spacial score (nSPS) is 11.0. The Balaban J connectivity index is 3.38. The molecule has 5 heteroatoms. The van der Waals surface area contributed by atoms with Crippen molar-refractivity contribution in [3.05, 3.63) is 0 Å². The third-order valence-corrected chi connectivity index (χ3v) is 5.14. The van der Waals surface area contributed by atoms with Crippen molar-refractivity contribution in [1.29, 1.82) is 0 Å². The van der Waals surface area contributed by atoms with Gasteiger partial charge in [-0.05, 0) is 31.6 Å². The molecule has 23 heavy (non-hydrogen) atoms. The number of hydrogen-bond acceptors (Lipinski definition) is 2. The van der Waals surface area contributed by atoms with Crippen LogP contribution in [-0.2, 0) is 9.59 Å². The minimum Gasteiger partial charge on any atom is -0.481 e.